The van der Waals surface area contributed by atoms with Crippen LogP contribution in [0.2, 0.25) is 0 Å². The van der Waals surface area contributed by atoms with Crippen molar-refractivity contribution < 1.29 is 51.7 Å². The fourth-order valence-electron chi connectivity index (χ4n) is 8.23. The molecule has 0 saturated carbocycles. The summed E-state index contributed by atoms with van der Waals surface area (Å²) in [5, 5.41) is 5.96. The van der Waals surface area contributed by atoms with Crippen molar-refractivity contribution in [1.29, 1.82) is 0 Å². The van der Waals surface area contributed by atoms with Crippen molar-refractivity contribution in [2.45, 2.75) is 51.7 Å². The predicted octanol–water partition coefficient (Wildman–Crippen LogP) is 1.91. The molecule has 1 saturated heterocycles. The number of aryl methyl sites for hydroxylation is 2. The molecule has 422 valence electrons. The van der Waals surface area contributed by atoms with Crippen molar-refractivity contribution in [3.8, 4) is 17.6 Å². The first-order valence-corrected chi connectivity index (χ1v) is 32.5. The number of aromatic nitrogens is 3. The van der Waals surface area contributed by atoms with Crippen LogP contribution in [-0.4, -0.2) is 206 Å². The van der Waals surface area contributed by atoms with Crippen molar-refractivity contribution in [3.05, 3.63) is 100.0 Å². The Labute approximate surface area is 456 Å². The molecule has 5 rings (SSSR count). The van der Waals surface area contributed by atoms with Crippen LogP contribution in [0.1, 0.15) is 58.6 Å². The third kappa shape index (κ3) is 23.7. The molecule has 0 radical (unpaired) electrons. The fraction of sp³-hybridized carbons (Fsp3) is 0.537. The van der Waals surface area contributed by atoms with Gasteiger partial charge in [-0.05, 0) is 97.6 Å². The maximum absolute atomic E-state index is 13.2. The van der Waals surface area contributed by atoms with Crippen molar-refractivity contribution in [1.82, 2.24) is 40.3 Å². The van der Waals surface area contributed by atoms with Gasteiger partial charge in [0.1, 0.15) is 22.1 Å². The number of nitrogens with two attached hydrogens (primary N) is 1. The lowest BCUT2D eigenvalue weighted by atomic mass is 10.1. The van der Waals surface area contributed by atoms with Crippen molar-refractivity contribution >= 4 is 50.2 Å². The molecule has 2 amide bonds. The number of carbonyl (C=O) groups excluding carboxylic acids is 2. The van der Waals surface area contributed by atoms with Crippen LogP contribution in [0, 0.1) is 11.8 Å². The number of benzene rings is 1. The Balaban J connectivity index is 1.45. The molecule has 0 bridgehead atoms. The molecular weight excluding hydrogens is 1040 g/mol. The lowest BCUT2D eigenvalue weighted by molar-refractivity contribution is -0.869. The molecule has 0 aliphatic carbocycles. The summed E-state index contributed by atoms with van der Waals surface area (Å²) in [4.78, 5) is 78.9. The van der Waals surface area contributed by atoms with E-state index in [1.807, 2.05) is 42.5 Å². The highest BCUT2D eigenvalue weighted by atomic mass is 31.2. The van der Waals surface area contributed by atoms with Gasteiger partial charge >= 0.3 is 0 Å². The summed E-state index contributed by atoms with van der Waals surface area (Å²) in [5.41, 5.74) is 10.2. The molecule has 4 aromatic rings. The second-order valence-electron chi connectivity index (χ2n) is 22.3. The van der Waals surface area contributed by atoms with Crippen molar-refractivity contribution in [3.63, 3.8) is 0 Å². The zero-order valence-corrected chi connectivity index (χ0v) is 49.4. The number of amides is 2. The second kappa shape index (κ2) is 28.4. The average Bonchev–Trinajstić information content (AvgIpc) is 3.41. The number of ether oxygens (including phenoxy) is 1. The van der Waals surface area contributed by atoms with Gasteiger partial charge in [0, 0.05) is 103 Å². The topological polar surface area (TPSA) is 254 Å². The SMILES string of the molecule is C[N+](C)(C)CCNC(=O)CCc1cc(CN2CCN(Cc3cc(C#Cc4ccc(OCCCN)cc4)cc(P(C)(=O)O)n3)CCN(Cc3cc(CCC(=O)NCC[N+](C)(C)C)cc(P(C)(=O)O)n3)CC2)nc(P(C)(=O)O)c1. The van der Waals surface area contributed by atoms with E-state index < -0.39 is 22.1 Å². The van der Waals surface area contributed by atoms with Gasteiger partial charge in [-0.3, -0.25) is 38.0 Å². The first kappa shape index (κ1) is 63.1. The number of pyridine rings is 3. The Hall–Kier alpha value is -4.70. The number of nitrogens with zero attached hydrogens (tertiary/aromatic N) is 8. The van der Waals surface area contributed by atoms with Gasteiger partial charge in [-0.1, -0.05) is 11.8 Å². The molecule has 23 heteroatoms. The van der Waals surface area contributed by atoms with Crippen molar-refractivity contribution in [2.24, 2.45) is 5.73 Å². The summed E-state index contributed by atoms with van der Waals surface area (Å²) in [7, 11) is 0.907. The largest absolute Gasteiger partial charge is 0.494 e. The van der Waals surface area contributed by atoms with Crippen LogP contribution in [0.3, 0.4) is 0 Å². The fourth-order valence-corrected chi connectivity index (χ4v) is 10.4. The van der Waals surface area contributed by atoms with Crippen LogP contribution >= 0.6 is 22.1 Å². The minimum atomic E-state index is -3.82. The van der Waals surface area contributed by atoms with E-state index in [0.29, 0.717) is 135 Å². The van der Waals surface area contributed by atoms with Gasteiger partial charge in [0.25, 0.3) is 0 Å². The molecule has 20 nitrogen and oxygen atoms in total. The quantitative estimate of drug-likeness (QED) is 0.0240. The Bertz CT molecular complexity index is 2710. The average molecular weight is 1120 g/mol. The number of nitrogens with one attached hydrogen (secondary N) is 2. The summed E-state index contributed by atoms with van der Waals surface area (Å²) in [6.07, 6.45) is 1.83. The van der Waals surface area contributed by atoms with Gasteiger partial charge < -0.3 is 44.8 Å². The molecule has 1 aliphatic rings. The molecule has 7 N–H and O–H groups in total. The Morgan fingerprint density at radius 2 is 0.974 bits per heavy atom. The van der Waals surface area contributed by atoms with Gasteiger partial charge in [-0.15, -0.1) is 0 Å². The molecule has 3 unspecified atom stereocenters. The summed E-state index contributed by atoms with van der Waals surface area (Å²) in [5.74, 6) is 6.82. The first-order valence-electron chi connectivity index (χ1n) is 26.2. The number of likely N-dealkylation sites (N-methyl/N-ethyl adjacent to an activating group) is 2. The minimum Gasteiger partial charge on any atom is -0.494 e. The van der Waals surface area contributed by atoms with Crippen LogP contribution in [0.4, 0.5) is 0 Å². The third-order valence-electron chi connectivity index (χ3n) is 12.7. The van der Waals surface area contributed by atoms with Gasteiger partial charge in [0.15, 0.2) is 0 Å². The summed E-state index contributed by atoms with van der Waals surface area (Å²) in [6.45, 7) is 11.5. The zero-order chi connectivity index (χ0) is 56.6. The maximum atomic E-state index is 13.2. The molecular formula is C54H84N11O9P3+2. The molecule has 0 spiro atoms. The van der Waals surface area contributed by atoms with Crippen molar-refractivity contribution in [2.75, 3.05) is 141 Å². The summed E-state index contributed by atoms with van der Waals surface area (Å²) < 4.78 is 46.7. The monoisotopic (exact) mass is 1120 g/mol. The summed E-state index contributed by atoms with van der Waals surface area (Å²) >= 11 is 0. The van der Waals surface area contributed by atoms with E-state index in [9.17, 15) is 38.0 Å². The van der Waals surface area contributed by atoms with E-state index in [1.54, 1.807) is 18.2 Å². The van der Waals surface area contributed by atoms with Gasteiger partial charge in [0.05, 0.1) is 92.2 Å². The summed E-state index contributed by atoms with van der Waals surface area (Å²) in [6, 6.07) is 17.8. The Morgan fingerprint density at radius 3 is 1.35 bits per heavy atom. The van der Waals surface area contributed by atoms with Crippen LogP contribution in [0.25, 0.3) is 0 Å². The van der Waals surface area contributed by atoms with E-state index in [4.69, 9.17) is 25.4 Å². The normalized spacial score (nSPS) is 16.6. The van der Waals surface area contributed by atoms with Crippen LogP contribution in [-0.2, 0) is 55.8 Å². The van der Waals surface area contributed by atoms with E-state index >= 15 is 0 Å². The van der Waals surface area contributed by atoms with E-state index in [1.165, 1.54) is 20.0 Å². The molecule has 1 fully saturated rings. The Kier molecular flexibility index (Phi) is 23.3. The van der Waals surface area contributed by atoms with Crippen LogP contribution in [0.15, 0.2) is 60.7 Å². The van der Waals surface area contributed by atoms with E-state index in [0.717, 1.165) is 36.2 Å². The highest BCUT2D eigenvalue weighted by molar-refractivity contribution is 7.65. The molecule has 4 heterocycles. The van der Waals surface area contributed by atoms with E-state index in [-0.39, 0.29) is 41.0 Å². The number of carbonyl (C=O) groups is 2. The highest BCUT2D eigenvalue weighted by Crippen LogP contribution is 2.35. The lowest BCUT2D eigenvalue weighted by Gasteiger charge is -2.26. The first-order chi connectivity index (χ1) is 36.0. The van der Waals surface area contributed by atoms with Gasteiger partial charge in [0.2, 0.25) is 33.9 Å². The minimum absolute atomic E-state index is 0.0384. The molecule has 77 heavy (non-hydrogen) atoms. The van der Waals surface area contributed by atoms with E-state index in [2.05, 4.69) is 79.5 Å². The second-order valence-corrected chi connectivity index (χ2v) is 29.0. The number of hydrogen-bond donors (Lipinski definition) is 6. The van der Waals surface area contributed by atoms with Crippen LogP contribution in [0.5, 0.6) is 5.75 Å². The standard InChI is InChI=1S/C54H82N11O9P3/c1-64(2,3)30-22-56-50(66)19-15-44-34-47(59-53(37-44)76(8,70)71)40-62-26-24-61(39-46-33-43(36-52(58-46)75(7,68)69)12-11-42-13-17-49(18-14-42)74-32-10-21-55)25-27-63(29-28-62)41-48-35-45(38-54(60-48)77(9,72)73)16-20-51(67)57-23-31-65(4,5)6/h13-14,17-18,33-38H,10,15-16,19-32,39-41,55H2,1-9H3,(H3-2,56,57,66,67,68,69,70,71,72,73)/p+2. The highest BCUT2D eigenvalue weighted by Gasteiger charge is 2.25. The number of hydrogen-bond acceptors (Lipinski definition) is 13. The Morgan fingerprint density at radius 1 is 0.597 bits per heavy atom. The predicted molar refractivity (Wildman–Crippen MR) is 305 cm³/mol. The maximum Gasteiger partial charge on any atom is 0.244 e. The van der Waals surface area contributed by atoms with Crippen LogP contribution < -0.4 is 37.4 Å². The molecule has 3 atom stereocenters. The van der Waals surface area contributed by atoms with Gasteiger partial charge in [-0.2, -0.15) is 0 Å². The number of quaternary nitrogens is 2. The molecule has 3 aromatic heterocycles. The number of rotatable bonds is 25. The smallest absolute Gasteiger partial charge is 0.244 e. The lowest BCUT2D eigenvalue weighted by Crippen LogP contribution is -2.41. The van der Waals surface area contributed by atoms with Gasteiger partial charge in [-0.25, -0.2) is 15.0 Å². The molecule has 1 aliphatic heterocycles. The zero-order valence-electron chi connectivity index (χ0n) is 46.7. The third-order valence-corrected chi connectivity index (χ3v) is 15.9. The molecule has 1 aromatic carbocycles.